The molecule has 1 rings (SSSR count). The van der Waals surface area contributed by atoms with Crippen LogP contribution in [0.1, 0.15) is 17.4 Å². The molecule has 0 fully saturated rings. The van der Waals surface area contributed by atoms with Gasteiger partial charge in [-0.1, -0.05) is 5.92 Å². The zero-order valence-corrected chi connectivity index (χ0v) is 8.16. The van der Waals surface area contributed by atoms with E-state index in [-0.39, 0.29) is 5.91 Å². The molecule has 74 valence electrons. The van der Waals surface area contributed by atoms with Crippen molar-refractivity contribution >= 4 is 11.6 Å². The van der Waals surface area contributed by atoms with Crippen LogP contribution in [0.25, 0.3) is 0 Å². The number of rotatable bonds is 2. The van der Waals surface area contributed by atoms with Crippen molar-refractivity contribution in [2.75, 3.05) is 12.3 Å². The molecule has 0 radical (unpaired) electrons. The van der Waals surface area contributed by atoms with E-state index in [1.54, 1.807) is 14.0 Å². The van der Waals surface area contributed by atoms with Crippen LogP contribution in [0.5, 0.6) is 0 Å². The molecule has 0 unspecified atom stereocenters. The molecule has 0 aliphatic carbocycles. The number of aromatic nitrogens is 2. The van der Waals surface area contributed by atoms with Crippen LogP contribution in [0, 0.1) is 11.8 Å². The second-order valence-corrected chi connectivity index (χ2v) is 2.68. The Morgan fingerprint density at radius 2 is 2.50 bits per heavy atom. The molecule has 1 heterocycles. The molecule has 0 atom stereocenters. The lowest BCUT2D eigenvalue weighted by molar-refractivity contribution is 0.0950. The maximum atomic E-state index is 11.5. The molecule has 0 saturated heterocycles. The average molecular weight is 192 g/mol. The summed E-state index contributed by atoms with van der Waals surface area (Å²) in [5.41, 5.74) is 6.30. The van der Waals surface area contributed by atoms with Crippen LogP contribution in [0.3, 0.4) is 0 Å². The number of nitrogens with zero attached hydrogens (tertiary/aromatic N) is 2. The minimum atomic E-state index is -0.259. The topological polar surface area (TPSA) is 72.9 Å². The second-order valence-electron chi connectivity index (χ2n) is 2.68. The lowest BCUT2D eigenvalue weighted by atomic mass is 10.3. The molecule has 0 aliphatic heterocycles. The Morgan fingerprint density at radius 1 is 1.79 bits per heavy atom. The van der Waals surface area contributed by atoms with Crippen molar-refractivity contribution in [1.29, 1.82) is 0 Å². The largest absolute Gasteiger partial charge is 0.396 e. The first-order valence-electron chi connectivity index (χ1n) is 4.12. The number of nitrogens with one attached hydrogen (secondary N) is 1. The Kier molecular flexibility index (Phi) is 3.13. The number of carbonyl (C=O) groups is 1. The van der Waals surface area contributed by atoms with E-state index in [2.05, 4.69) is 22.3 Å². The minimum absolute atomic E-state index is 0.259. The molecule has 5 heteroatoms. The van der Waals surface area contributed by atoms with Gasteiger partial charge in [-0.15, -0.1) is 5.92 Å². The van der Waals surface area contributed by atoms with Gasteiger partial charge in [0.2, 0.25) is 0 Å². The Hall–Kier alpha value is -1.96. The predicted molar refractivity (Wildman–Crippen MR) is 53.4 cm³/mol. The van der Waals surface area contributed by atoms with Gasteiger partial charge in [0.05, 0.1) is 18.4 Å². The highest BCUT2D eigenvalue weighted by molar-refractivity contribution is 5.97. The van der Waals surface area contributed by atoms with Crippen molar-refractivity contribution < 1.29 is 4.79 Å². The highest BCUT2D eigenvalue weighted by atomic mass is 16.2. The number of anilines is 1. The van der Waals surface area contributed by atoms with Crippen molar-refractivity contribution in [2.24, 2.45) is 7.05 Å². The number of carbonyl (C=O) groups excluding carboxylic acids is 1. The third-order valence-corrected chi connectivity index (χ3v) is 1.70. The summed E-state index contributed by atoms with van der Waals surface area (Å²) in [5.74, 6) is 5.15. The summed E-state index contributed by atoms with van der Waals surface area (Å²) >= 11 is 0. The van der Waals surface area contributed by atoms with Gasteiger partial charge in [0.25, 0.3) is 5.91 Å². The Morgan fingerprint density at radius 3 is 3.00 bits per heavy atom. The number of nitrogens with two attached hydrogens (primary N) is 1. The van der Waals surface area contributed by atoms with Crippen molar-refractivity contribution in [3.05, 3.63) is 11.9 Å². The van der Waals surface area contributed by atoms with Crippen molar-refractivity contribution in [3.8, 4) is 11.8 Å². The molecule has 0 aliphatic rings. The second kappa shape index (κ2) is 4.33. The molecule has 3 N–H and O–H groups in total. The molecule has 5 nitrogen and oxygen atoms in total. The van der Waals surface area contributed by atoms with E-state index in [9.17, 15) is 4.79 Å². The Labute approximate surface area is 82.3 Å². The quantitative estimate of drug-likeness (QED) is 0.635. The van der Waals surface area contributed by atoms with E-state index in [1.807, 2.05) is 0 Å². The van der Waals surface area contributed by atoms with Gasteiger partial charge in [0.15, 0.2) is 0 Å². The van der Waals surface area contributed by atoms with Gasteiger partial charge in [0.1, 0.15) is 5.69 Å². The Bertz CT molecular complexity index is 377. The monoisotopic (exact) mass is 192 g/mol. The van der Waals surface area contributed by atoms with E-state index in [0.717, 1.165) is 0 Å². The summed E-state index contributed by atoms with van der Waals surface area (Å²) in [4.78, 5) is 11.5. The van der Waals surface area contributed by atoms with Gasteiger partial charge >= 0.3 is 0 Å². The number of hydrogen-bond donors (Lipinski definition) is 2. The normalized spacial score (nSPS) is 9.00. The van der Waals surface area contributed by atoms with E-state index < -0.39 is 0 Å². The maximum Gasteiger partial charge on any atom is 0.272 e. The lowest BCUT2D eigenvalue weighted by Crippen LogP contribution is -2.26. The van der Waals surface area contributed by atoms with Crippen LogP contribution < -0.4 is 11.1 Å². The summed E-state index contributed by atoms with van der Waals surface area (Å²) in [6, 6.07) is 0. The molecule has 0 spiro atoms. The zero-order chi connectivity index (χ0) is 10.6. The molecule has 0 saturated carbocycles. The van der Waals surface area contributed by atoms with Crippen molar-refractivity contribution in [1.82, 2.24) is 15.1 Å². The highest BCUT2D eigenvalue weighted by Crippen LogP contribution is 2.07. The fourth-order valence-corrected chi connectivity index (χ4v) is 1.03. The molecular formula is C9H12N4O. The average Bonchev–Trinajstić information content (AvgIpc) is 2.46. The Balaban J connectivity index is 2.72. The van der Waals surface area contributed by atoms with E-state index >= 15 is 0 Å². The van der Waals surface area contributed by atoms with Crippen LogP contribution in [0.15, 0.2) is 6.20 Å². The molecule has 0 aromatic carbocycles. The zero-order valence-electron chi connectivity index (χ0n) is 8.16. The van der Waals surface area contributed by atoms with E-state index in [1.165, 1.54) is 10.9 Å². The number of hydrogen-bond acceptors (Lipinski definition) is 3. The van der Waals surface area contributed by atoms with Gasteiger partial charge < -0.3 is 11.1 Å². The van der Waals surface area contributed by atoms with Gasteiger partial charge in [-0.05, 0) is 6.92 Å². The molecule has 14 heavy (non-hydrogen) atoms. The van der Waals surface area contributed by atoms with Gasteiger partial charge in [-0.25, -0.2) is 0 Å². The first kappa shape index (κ1) is 10.1. The van der Waals surface area contributed by atoms with Crippen LogP contribution in [0.4, 0.5) is 5.69 Å². The molecular weight excluding hydrogens is 180 g/mol. The van der Waals surface area contributed by atoms with Crippen molar-refractivity contribution in [3.63, 3.8) is 0 Å². The first-order chi connectivity index (χ1) is 6.66. The third-order valence-electron chi connectivity index (χ3n) is 1.70. The van der Waals surface area contributed by atoms with Crippen molar-refractivity contribution in [2.45, 2.75) is 6.92 Å². The lowest BCUT2D eigenvalue weighted by Gasteiger charge is -2.02. The van der Waals surface area contributed by atoms with E-state index in [4.69, 9.17) is 5.73 Å². The number of amides is 1. The highest BCUT2D eigenvalue weighted by Gasteiger charge is 2.13. The van der Waals surface area contributed by atoms with Crippen LogP contribution in [0.2, 0.25) is 0 Å². The molecule has 0 bridgehead atoms. The molecule has 1 amide bonds. The predicted octanol–water partition coefficient (Wildman–Crippen LogP) is -0.245. The first-order valence-corrected chi connectivity index (χ1v) is 4.12. The fourth-order valence-electron chi connectivity index (χ4n) is 1.03. The maximum absolute atomic E-state index is 11.5. The van der Waals surface area contributed by atoms with Crippen LogP contribution >= 0.6 is 0 Å². The summed E-state index contributed by atoms with van der Waals surface area (Å²) in [6.45, 7) is 2.03. The number of aryl methyl sites for hydroxylation is 1. The summed E-state index contributed by atoms with van der Waals surface area (Å²) in [7, 11) is 1.66. The SMILES string of the molecule is CC#CCNC(=O)c1c(N)cnn1C. The standard InChI is InChI=1S/C9H12N4O/c1-3-4-5-11-9(14)8-7(10)6-12-13(8)2/h6H,5,10H2,1-2H3,(H,11,14). The molecule has 1 aromatic rings. The van der Waals surface area contributed by atoms with Gasteiger partial charge in [-0.2, -0.15) is 5.10 Å². The minimum Gasteiger partial charge on any atom is -0.396 e. The van der Waals surface area contributed by atoms with E-state index in [0.29, 0.717) is 17.9 Å². The smallest absolute Gasteiger partial charge is 0.272 e. The fraction of sp³-hybridized carbons (Fsp3) is 0.333. The summed E-state index contributed by atoms with van der Waals surface area (Å²) in [6.07, 6.45) is 1.44. The molecule has 1 aromatic heterocycles. The number of nitrogen functional groups attached to an aromatic ring is 1. The van der Waals surface area contributed by atoms with Crippen LogP contribution in [-0.2, 0) is 7.05 Å². The van der Waals surface area contributed by atoms with Gasteiger partial charge in [-0.3, -0.25) is 9.48 Å². The summed E-state index contributed by atoms with van der Waals surface area (Å²) < 4.78 is 1.43. The van der Waals surface area contributed by atoms with Crippen LogP contribution in [-0.4, -0.2) is 22.2 Å². The summed E-state index contributed by atoms with van der Waals surface area (Å²) in [5, 5.41) is 6.47. The van der Waals surface area contributed by atoms with Gasteiger partial charge in [0, 0.05) is 7.05 Å². The third kappa shape index (κ3) is 2.04.